The van der Waals surface area contributed by atoms with E-state index in [-0.39, 0.29) is 11.9 Å². The van der Waals surface area contributed by atoms with Crippen LogP contribution in [0, 0.1) is 20.8 Å². The van der Waals surface area contributed by atoms with E-state index in [1.165, 1.54) is 16.7 Å². The van der Waals surface area contributed by atoms with Crippen LogP contribution in [-0.2, 0) is 4.79 Å². The number of anilines is 3. The summed E-state index contributed by atoms with van der Waals surface area (Å²) < 4.78 is 1.98. The smallest absolute Gasteiger partial charge is 0.240 e. The van der Waals surface area contributed by atoms with Crippen molar-refractivity contribution in [2.24, 2.45) is 5.73 Å². The first-order valence-corrected chi connectivity index (χ1v) is 11.1. The van der Waals surface area contributed by atoms with E-state index in [1.54, 1.807) is 6.33 Å². The average molecular weight is 442 g/mol. The Hall–Kier alpha value is -3.94. The number of nitrogens with zero attached hydrogens (tertiary/aromatic N) is 5. The van der Waals surface area contributed by atoms with Crippen LogP contribution >= 0.6 is 0 Å². The molecule has 0 unspecified atom stereocenters. The number of amides is 1. The van der Waals surface area contributed by atoms with Crippen LogP contribution in [0.15, 0.2) is 48.9 Å². The van der Waals surface area contributed by atoms with E-state index >= 15 is 0 Å². The average Bonchev–Trinajstić information content (AvgIpc) is 3.46. The molecule has 168 valence electrons. The molecule has 0 saturated carbocycles. The van der Waals surface area contributed by atoms with E-state index in [0.717, 1.165) is 36.0 Å². The summed E-state index contributed by atoms with van der Waals surface area (Å²) in [5.41, 5.74) is 11.3. The topological polar surface area (TPSA) is 102 Å². The standard InChI is InChI=1S/C25H27N7O/c1-15-11-18(12-16(2)17(15)3)31-13-22(27-14-31)29-25-28-20-8-5-4-7-19(20)24(30-25)32-10-6-9-21(32)23(26)33/h4-5,7-8,11-14,21H,6,9-10H2,1-3H3,(H2,26,33)(H,28,29,30)/t21-/m0/s1. The first kappa shape index (κ1) is 20.9. The lowest BCUT2D eigenvalue weighted by Crippen LogP contribution is -2.40. The third-order valence-corrected chi connectivity index (χ3v) is 6.47. The van der Waals surface area contributed by atoms with E-state index in [2.05, 4.69) is 48.2 Å². The molecule has 33 heavy (non-hydrogen) atoms. The molecule has 1 amide bonds. The largest absolute Gasteiger partial charge is 0.368 e. The number of carbonyl (C=O) groups excluding carboxylic acids is 1. The molecule has 3 N–H and O–H groups in total. The summed E-state index contributed by atoms with van der Waals surface area (Å²) in [6.45, 7) is 7.09. The van der Waals surface area contributed by atoms with Gasteiger partial charge in [-0.15, -0.1) is 0 Å². The Balaban J connectivity index is 1.50. The molecule has 1 fully saturated rings. The molecule has 1 aliphatic rings. The van der Waals surface area contributed by atoms with Gasteiger partial charge in [0.25, 0.3) is 0 Å². The monoisotopic (exact) mass is 441 g/mol. The van der Waals surface area contributed by atoms with E-state index in [4.69, 9.17) is 10.7 Å². The maximum absolute atomic E-state index is 12.0. The first-order valence-electron chi connectivity index (χ1n) is 11.1. The fraction of sp³-hybridized carbons (Fsp3) is 0.280. The second kappa shape index (κ2) is 8.20. The Kier molecular flexibility index (Phi) is 5.20. The highest BCUT2D eigenvalue weighted by Crippen LogP contribution is 2.31. The van der Waals surface area contributed by atoms with Crippen LogP contribution in [0.2, 0.25) is 0 Å². The number of imidazole rings is 1. The van der Waals surface area contributed by atoms with Crippen LogP contribution in [0.4, 0.5) is 17.6 Å². The zero-order valence-electron chi connectivity index (χ0n) is 19.0. The summed E-state index contributed by atoms with van der Waals surface area (Å²) in [5, 5.41) is 4.13. The number of fused-ring (bicyclic) bond motifs is 1. The zero-order chi connectivity index (χ0) is 23.1. The summed E-state index contributed by atoms with van der Waals surface area (Å²) in [5.74, 6) is 1.46. The Morgan fingerprint density at radius 2 is 1.88 bits per heavy atom. The number of carbonyl (C=O) groups is 1. The van der Waals surface area contributed by atoms with Gasteiger partial charge in [-0.2, -0.15) is 4.98 Å². The number of para-hydroxylation sites is 1. The summed E-state index contributed by atoms with van der Waals surface area (Å²) in [6, 6.07) is 11.7. The van der Waals surface area contributed by atoms with Gasteiger partial charge in [-0.05, 0) is 74.6 Å². The molecule has 3 heterocycles. The number of nitrogens with one attached hydrogen (secondary N) is 1. The minimum absolute atomic E-state index is 0.327. The number of primary amides is 1. The normalized spacial score (nSPS) is 15.8. The van der Waals surface area contributed by atoms with Gasteiger partial charge in [-0.3, -0.25) is 4.79 Å². The van der Waals surface area contributed by atoms with E-state index < -0.39 is 0 Å². The van der Waals surface area contributed by atoms with Crippen molar-refractivity contribution >= 4 is 34.4 Å². The minimum Gasteiger partial charge on any atom is -0.368 e. The number of rotatable bonds is 5. The number of hydrogen-bond donors (Lipinski definition) is 2. The van der Waals surface area contributed by atoms with Gasteiger partial charge in [-0.25, -0.2) is 9.97 Å². The molecular weight excluding hydrogens is 414 g/mol. The van der Waals surface area contributed by atoms with Crippen LogP contribution in [0.3, 0.4) is 0 Å². The molecule has 1 atom stereocenters. The van der Waals surface area contributed by atoms with Crippen molar-refractivity contribution in [3.8, 4) is 5.69 Å². The van der Waals surface area contributed by atoms with Gasteiger partial charge >= 0.3 is 0 Å². The SMILES string of the molecule is Cc1cc(-n2cnc(Nc3nc(N4CCC[C@H]4C(N)=O)c4ccccc4n3)c2)cc(C)c1C. The van der Waals surface area contributed by atoms with Crippen molar-refractivity contribution in [2.45, 2.75) is 39.7 Å². The predicted molar refractivity (Wildman–Crippen MR) is 130 cm³/mol. The second-order valence-corrected chi connectivity index (χ2v) is 8.64. The van der Waals surface area contributed by atoms with Gasteiger partial charge in [0.05, 0.1) is 11.7 Å². The Bertz CT molecular complexity index is 1340. The molecule has 0 bridgehead atoms. The summed E-state index contributed by atoms with van der Waals surface area (Å²) in [6.07, 6.45) is 5.33. The van der Waals surface area contributed by atoms with Crippen molar-refractivity contribution in [3.63, 3.8) is 0 Å². The lowest BCUT2D eigenvalue weighted by Gasteiger charge is -2.24. The van der Waals surface area contributed by atoms with E-state index in [9.17, 15) is 4.79 Å². The van der Waals surface area contributed by atoms with E-state index in [0.29, 0.717) is 17.6 Å². The van der Waals surface area contributed by atoms with Crippen molar-refractivity contribution in [2.75, 3.05) is 16.8 Å². The maximum Gasteiger partial charge on any atom is 0.240 e. The molecule has 2 aromatic heterocycles. The Labute approximate surface area is 192 Å². The number of hydrogen-bond acceptors (Lipinski definition) is 6. The summed E-state index contributed by atoms with van der Waals surface area (Å²) in [4.78, 5) is 28.0. The fourth-order valence-corrected chi connectivity index (χ4v) is 4.46. The van der Waals surface area contributed by atoms with Gasteiger partial charge in [0, 0.05) is 17.6 Å². The van der Waals surface area contributed by atoms with Gasteiger partial charge in [0.2, 0.25) is 11.9 Å². The number of aryl methyl sites for hydroxylation is 2. The third-order valence-electron chi connectivity index (χ3n) is 6.47. The molecule has 0 radical (unpaired) electrons. The van der Waals surface area contributed by atoms with Crippen LogP contribution in [-0.4, -0.2) is 38.0 Å². The molecule has 5 rings (SSSR count). The highest BCUT2D eigenvalue weighted by Gasteiger charge is 2.31. The molecule has 8 nitrogen and oxygen atoms in total. The molecule has 1 aliphatic heterocycles. The number of nitrogens with two attached hydrogens (primary N) is 1. The van der Waals surface area contributed by atoms with E-state index in [1.807, 2.05) is 39.9 Å². The number of benzene rings is 2. The summed E-state index contributed by atoms with van der Waals surface area (Å²) >= 11 is 0. The van der Waals surface area contributed by atoms with Crippen molar-refractivity contribution in [1.82, 2.24) is 19.5 Å². The predicted octanol–water partition coefficient (Wildman–Crippen LogP) is 3.94. The van der Waals surface area contributed by atoms with Crippen LogP contribution < -0.4 is 16.0 Å². The van der Waals surface area contributed by atoms with Crippen LogP contribution in [0.1, 0.15) is 29.5 Å². The quantitative estimate of drug-likeness (QED) is 0.486. The Morgan fingerprint density at radius 1 is 1.12 bits per heavy atom. The van der Waals surface area contributed by atoms with Gasteiger partial charge in [-0.1, -0.05) is 12.1 Å². The van der Waals surface area contributed by atoms with Crippen molar-refractivity contribution < 1.29 is 4.79 Å². The summed E-state index contributed by atoms with van der Waals surface area (Å²) in [7, 11) is 0. The lowest BCUT2D eigenvalue weighted by atomic mass is 10.0. The van der Waals surface area contributed by atoms with Crippen LogP contribution in [0.5, 0.6) is 0 Å². The molecule has 0 spiro atoms. The highest BCUT2D eigenvalue weighted by molar-refractivity contribution is 5.94. The van der Waals surface area contributed by atoms with Crippen LogP contribution in [0.25, 0.3) is 16.6 Å². The molecule has 2 aromatic carbocycles. The first-order chi connectivity index (χ1) is 15.9. The lowest BCUT2D eigenvalue weighted by molar-refractivity contribution is -0.119. The zero-order valence-corrected chi connectivity index (χ0v) is 19.0. The molecule has 4 aromatic rings. The fourth-order valence-electron chi connectivity index (χ4n) is 4.46. The third kappa shape index (κ3) is 3.88. The van der Waals surface area contributed by atoms with Crippen molar-refractivity contribution in [3.05, 3.63) is 65.6 Å². The van der Waals surface area contributed by atoms with Gasteiger partial charge in [0.15, 0.2) is 5.82 Å². The maximum atomic E-state index is 12.0. The molecule has 8 heteroatoms. The highest BCUT2D eigenvalue weighted by atomic mass is 16.1. The van der Waals surface area contributed by atoms with Gasteiger partial charge in [0.1, 0.15) is 18.2 Å². The second-order valence-electron chi connectivity index (χ2n) is 8.64. The molecule has 0 aliphatic carbocycles. The molecular formula is C25H27N7O. The van der Waals surface area contributed by atoms with Crippen molar-refractivity contribution in [1.29, 1.82) is 0 Å². The van der Waals surface area contributed by atoms with Gasteiger partial charge < -0.3 is 20.5 Å². The molecule has 1 saturated heterocycles. The Morgan fingerprint density at radius 3 is 2.64 bits per heavy atom. The minimum atomic E-state index is -0.358. The number of aromatic nitrogens is 4.